The van der Waals surface area contributed by atoms with Crippen molar-refractivity contribution in [3.05, 3.63) is 45.9 Å². The van der Waals surface area contributed by atoms with E-state index in [1.807, 2.05) is 0 Å². The normalized spacial score (nSPS) is 10.0. The Balaban J connectivity index is 2.11. The minimum atomic E-state index is -0.342. The van der Waals surface area contributed by atoms with Crippen LogP contribution in [0.25, 0.3) is 0 Å². The molecule has 1 heterocycles. The number of aromatic nitrogens is 2. The predicted molar refractivity (Wildman–Crippen MR) is 77.2 cm³/mol. The van der Waals surface area contributed by atoms with E-state index in [4.69, 9.17) is 9.47 Å². The highest BCUT2D eigenvalue weighted by Gasteiger charge is 2.07. The van der Waals surface area contributed by atoms with Gasteiger partial charge in [-0.25, -0.2) is 14.8 Å². The zero-order valence-electron chi connectivity index (χ0n) is 10.2. The fraction of sp³-hybridized carbons (Fsp3) is 0.154. The Bertz CT molecular complexity index is 572. The lowest BCUT2D eigenvalue weighted by Gasteiger charge is -2.06. The maximum Gasteiger partial charge on any atom is 0.338 e. The lowest BCUT2D eigenvalue weighted by Crippen LogP contribution is -2.04. The number of benzene rings is 1. The number of halogens is 1. The second-order valence-electron chi connectivity index (χ2n) is 3.52. The monoisotopic (exact) mass is 370 g/mol. The van der Waals surface area contributed by atoms with Crippen molar-refractivity contribution in [2.45, 2.75) is 6.92 Å². The van der Waals surface area contributed by atoms with Crippen molar-refractivity contribution in [3.63, 3.8) is 0 Å². The van der Waals surface area contributed by atoms with Gasteiger partial charge in [0.2, 0.25) is 5.88 Å². The first-order valence-electron chi connectivity index (χ1n) is 5.61. The fourth-order valence-corrected chi connectivity index (χ4v) is 1.77. The average molecular weight is 370 g/mol. The van der Waals surface area contributed by atoms with Gasteiger partial charge in [0.15, 0.2) is 0 Å². The molecule has 0 saturated carbocycles. The van der Waals surface area contributed by atoms with Gasteiger partial charge in [-0.05, 0) is 53.8 Å². The van der Waals surface area contributed by atoms with E-state index in [0.29, 0.717) is 23.8 Å². The zero-order chi connectivity index (χ0) is 13.7. The fourth-order valence-electron chi connectivity index (χ4n) is 1.36. The lowest BCUT2D eigenvalue weighted by atomic mass is 10.2. The summed E-state index contributed by atoms with van der Waals surface area (Å²) in [6, 6.07) is 6.71. The summed E-state index contributed by atoms with van der Waals surface area (Å²) in [6.07, 6.45) is 3.08. The summed E-state index contributed by atoms with van der Waals surface area (Å²) in [5.41, 5.74) is 0.492. The maximum absolute atomic E-state index is 11.5. The molecule has 0 aliphatic rings. The summed E-state index contributed by atoms with van der Waals surface area (Å²) in [7, 11) is 0. The van der Waals surface area contributed by atoms with Crippen molar-refractivity contribution in [3.8, 4) is 11.6 Å². The lowest BCUT2D eigenvalue weighted by molar-refractivity contribution is 0.0526. The molecule has 0 aliphatic heterocycles. The first kappa shape index (κ1) is 13.7. The second kappa shape index (κ2) is 6.46. The van der Waals surface area contributed by atoms with Crippen LogP contribution in [0.15, 0.2) is 36.8 Å². The molecule has 1 aromatic heterocycles. The summed E-state index contributed by atoms with van der Waals surface area (Å²) in [6.45, 7) is 2.13. The van der Waals surface area contributed by atoms with E-state index in [-0.39, 0.29) is 5.97 Å². The van der Waals surface area contributed by atoms with Gasteiger partial charge in [0.25, 0.3) is 0 Å². The molecule has 2 aromatic rings. The van der Waals surface area contributed by atoms with Crippen LogP contribution in [-0.4, -0.2) is 22.5 Å². The van der Waals surface area contributed by atoms with E-state index in [2.05, 4.69) is 32.6 Å². The van der Waals surface area contributed by atoms with Crippen LogP contribution in [0.4, 0.5) is 0 Å². The first-order valence-corrected chi connectivity index (χ1v) is 6.69. The molecule has 0 aliphatic carbocycles. The van der Waals surface area contributed by atoms with Gasteiger partial charge in [-0.2, -0.15) is 0 Å². The standard InChI is InChI=1S/C13H11IN2O3/c1-2-18-13(17)9-3-5-10(6-4-9)19-12-11(14)7-15-8-16-12/h3-8H,2H2,1H3. The number of hydrogen-bond donors (Lipinski definition) is 0. The van der Waals surface area contributed by atoms with Crippen molar-refractivity contribution < 1.29 is 14.3 Å². The highest BCUT2D eigenvalue weighted by molar-refractivity contribution is 14.1. The molecule has 0 amide bonds. The Kier molecular flexibility index (Phi) is 4.67. The minimum Gasteiger partial charge on any atom is -0.462 e. The Morgan fingerprint density at radius 2 is 2.05 bits per heavy atom. The molecule has 0 fully saturated rings. The number of ether oxygens (including phenoxy) is 2. The predicted octanol–water partition coefficient (Wildman–Crippen LogP) is 3.05. The van der Waals surface area contributed by atoms with E-state index >= 15 is 0 Å². The van der Waals surface area contributed by atoms with Crippen LogP contribution < -0.4 is 4.74 Å². The summed E-state index contributed by atoms with van der Waals surface area (Å²) in [4.78, 5) is 19.4. The van der Waals surface area contributed by atoms with Crippen LogP contribution in [0.1, 0.15) is 17.3 Å². The molecule has 0 bridgehead atoms. The van der Waals surface area contributed by atoms with E-state index in [9.17, 15) is 4.79 Å². The first-order chi connectivity index (χ1) is 9.20. The van der Waals surface area contributed by atoms with E-state index in [1.165, 1.54) is 6.33 Å². The van der Waals surface area contributed by atoms with E-state index < -0.39 is 0 Å². The molecule has 5 nitrogen and oxygen atoms in total. The number of esters is 1. The van der Waals surface area contributed by atoms with E-state index in [0.717, 1.165) is 3.57 Å². The highest BCUT2D eigenvalue weighted by Crippen LogP contribution is 2.23. The van der Waals surface area contributed by atoms with Crippen LogP contribution in [0.2, 0.25) is 0 Å². The summed E-state index contributed by atoms with van der Waals surface area (Å²) in [5.74, 6) is 0.745. The van der Waals surface area contributed by atoms with Crippen LogP contribution in [-0.2, 0) is 4.74 Å². The van der Waals surface area contributed by atoms with Gasteiger partial charge >= 0.3 is 5.97 Å². The zero-order valence-corrected chi connectivity index (χ0v) is 12.3. The quantitative estimate of drug-likeness (QED) is 0.612. The van der Waals surface area contributed by atoms with Gasteiger partial charge in [-0.15, -0.1) is 0 Å². The number of rotatable bonds is 4. The average Bonchev–Trinajstić information content (AvgIpc) is 2.42. The van der Waals surface area contributed by atoms with Crippen LogP contribution >= 0.6 is 22.6 Å². The molecule has 6 heteroatoms. The minimum absolute atomic E-state index is 0.342. The number of nitrogens with zero attached hydrogens (tertiary/aromatic N) is 2. The van der Waals surface area contributed by atoms with Crippen molar-refractivity contribution in [2.24, 2.45) is 0 Å². The van der Waals surface area contributed by atoms with Gasteiger partial charge in [-0.3, -0.25) is 0 Å². The molecule has 0 atom stereocenters. The third-order valence-electron chi connectivity index (χ3n) is 2.21. The summed E-state index contributed by atoms with van der Waals surface area (Å²) >= 11 is 2.09. The Morgan fingerprint density at radius 1 is 1.32 bits per heavy atom. The molecule has 2 rings (SSSR count). The van der Waals surface area contributed by atoms with Crippen LogP contribution in [0, 0.1) is 3.57 Å². The van der Waals surface area contributed by atoms with Crippen LogP contribution in [0.5, 0.6) is 11.6 Å². The smallest absolute Gasteiger partial charge is 0.338 e. The number of carbonyl (C=O) groups excluding carboxylic acids is 1. The molecule has 0 saturated heterocycles. The molecule has 19 heavy (non-hydrogen) atoms. The molecule has 98 valence electrons. The van der Waals surface area contributed by atoms with Gasteiger partial charge < -0.3 is 9.47 Å². The largest absolute Gasteiger partial charge is 0.462 e. The Hall–Kier alpha value is -1.70. The molecule has 0 unspecified atom stereocenters. The summed E-state index contributed by atoms with van der Waals surface area (Å²) in [5, 5.41) is 0. The maximum atomic E-state index is 11.5. The third-order valence-corrected chi connectivity index (χ3v) is 2.95. The van der Waals surface area contributed by atoms with Crippen molar-refractivity contribution in [1.29, 1.82) is 0 Å². The van der Waals surface area contributed by atoms with E-state index in [1.54, 1.807) is 37.4 Å². The highest BCUT2D eigenvalue weighted by atomic mass is 127. The number of carbonyl (C=O) groups is 1. The summed E-state index contributed by atoms with van der Waals surface area (Å²) < 4.78 is 11.3. The molecular weight excluding hydrogens is 359 g/mol. The Labute approximate surface area is 124 Å². The van der Waals surface area contributed by atoms with Crippen LogP contribution in [0.3, 0.4) is 0 Å². The second-order valence-corrected chi connectivity index (χ2v) is 4.68. The Morgan fingerprint density at radius 3 is 2.68 bits per heavy atom. The third kappa shape index (κ3) is 3.63. The van der Waals surface area contributed by atoms with Gasteiger partial charge in [0.05, 0.1) is 15.7 Å². The molecule has 0 radical (unpaired) electrons. The molecule has 0 N–H and O–H groups in total. The van der Waals surface area contributed by atoms with Gasteiger partial charge in [0.1, 0.15) is 12.1 Å². The number of hydrogen-bond acceptors (Lipinski definition) is 5. The molecular formula is C13H11IN2O3. The van der Waals surface area contributed by atoms with Gasteiger partial charge in [0, 0.05) is 6.20 Å². The molecule has 1 aromatic carbocycles. The van der Waals surface area contributed by atoms with Gasteiger partial charge in [-0.1, -0.05) is 0 Å². The van der Waals surface area contributed by atoms with Crippen molar-refractivity contribution >= 4 is 28.6 Å². The SMILES string of the molecule is CCOC(=O)c1ccc(Oc2ncncc2I)cc1. The topological polar surface area (TPSA) is 61.3 Å². The molecule has 0 spiro atoms. The van der Waals surface area contributed by atoms with Crippen molar-refractivity contribution in [1.82, 2.24) is 9.97 Å². The van der Waals surface area contributed by atoms with Crippen molar-refractivity contribution in [2.75, 3.05) is 6.61 Å².